The Labute approximate surface area is 129 Å². The van der Waals surface area contributed by atoms with Gasteiger partial charge < -0.3 is 9.47 Å². The number of carbonyl (C=O) groups excluding carboxylic acids is 1. The summed E-state index contributed by atoms with van der Waals surface area (Å²) < 4.78 is 11.2. The first-order valence-electron chi connectivity index (χ1n) is 8.45. The molecule has 0 aromatic carbocycles. The van der Waals surface area contributed by atoms with Crippen LogP contribution in [0.5, 0.6) is 0 Å². The van der Waals surface area contributed by atoms with E-state index in [1.54, 1.807) is 0 Å². The third kappa shape index (κ3) is 4.45. The Balaban J connectivity index is 1.70. The lowest BCUT2D eigenvalue weighted by atomic mass is 9.75. The SMILES string of the molecule is CC(CCOC(=O)C1CC2OC2(C)CC1C)CC(C)(C)C. The summed E-state index contributed by atoms with van der Waals surface area (Å²) >= 11 is 0. The highest BCUT2D eigenvalue weighted by atomic mass is 16.6. The first kappa shape index (κ1) is 16.8. The predicted molar refractivity (Wildman–Crippen MR) is 84.0 cm³/mol. The molecule has 0 bridgehead atoms. The van der Waals surface area contributed by atoms with E-state index in [1.807, 2.05) is 0 Å². The highest BCUT2D eigenvalue weighted by molar-refractivity contribution is 5.73. The van der Waals surface area contributed by atoms with Crippen molar-refractivity contribution in [3.8, 4) is 0 Å². The molecule has 0 amide bonds. The first-order chi connectivity index (χ1) is 9.61. The van der Waals surface area contributed by atoms with Crippen LogP contribution < -0.4 is 0 Å². The molecule has 1 aliphatic heterocycles. The normalized spacial score (nSPS) is 36.8. The van der Waals surface area contributed by atoms with Crippen LogP contribution in [0, 0.1) is 23.2 Å². The van der Waals surface area contributed by atoms with Crippen molar-refractivity contribution in [1.29, 1.82) is 0 Å². The van der Waals surface area contributed by atoms with Gasteiger partial charge in [0.15, 0.2) is 0 Å². The number of carbonyl (C=O) groups is 1. The van der Waals surface area contributed by atoms with Crippen LogP contribution in [0.3, 0.4) is 0 Å². The van der Waals surface area contributed by atoms with Crippen molar-refractivity contribution in [3.63, 3.8) is 0 Å². The molecular weight excluding hydrogens is 264 g/mol. The van der Waals surface area contributed by atoms with E-state index in [2.05, 4.69) is 41.5 Å². The van der Waals surface area contributed by atoms with Gasteiger partial charge in [-0.25, -0.2) is 0 Å². The summed E-state index contributed by atoms with van der Waals surface area (Å²) in [7, 11) is 0. The lowest BCUT2D eigenvalue weighted by Crippen LogP contribution is -2.34. The number of fused-ring (bicyclic) bond motifs is 1. The zero-order valence-corrected chi connectivity index (χ0v) is 14.6. The van der Waals surface area contributed by atoms with Gasteiger partial charge in [0.25, 0.3) is 0 Å². The lowest BCUT2D eigenvalue weighted by molar-refractivity contribution is -0.151. The van der Waals surface area contributed by atoms with E-state index in [0.717, 1.165) is 19.3 Å². The zero-order chi connectivity index (χ0) is 15.8. The largest absolute Gasteiger partial charge is 0.465 e. The molecule has 1 saturated heterocycles. The number of epoxide rings is 1. The van der Waals surface area contributed by atoms with Crippen LogP contribution >= 0.6 is 0 Å². The number of hydrogen-bond acceptors (Lipinski definition) is 3. The summed E-state index contributed by atoms with van der Waals surface area (Å²) in [5.41, 5.74) is 0.395. The molecule has 0 aromatic heterocycles. The summed E-state index contributed by atoms with van der Waals surface area (Å²) in [6.45, 7) is 13.9. The topological polar surface area (TPSA) is 38.8 Å². The standard InChI is InChI=1S/C18H32O3/c1-12(10-17(3,4)5)7-8-20-16(19)14-9-15-18(6,21-15)11-13(14)2/h12-15H,7-11H2,1-6H3. The molecule has 2 aliphatic rings. The van der Waals surface area contributed by atoms with Gasteiger partial charge in [-0.15, -0.1) is 0 Å². The van der Waals surface area contributed by atoms with Crippen molar-refractivity contribution in [2.75, 3.05) is 6.61 Å². The Morgan fingerprint density at radius 3 is 2.71 bits per heavy atom. The summed E-state index contributed by atoms with van der Waals surface area (Å²) in [6.07, 6.45) is 4.23. The Bertz CT molecular complexity index is 384. The molecule has 0 aromatic rings. The summed E-state index contributed by atoms with van der Waals surface area (Å²) in [6, 6.07) is 0. The highest BCUT2D eigenvalue weighted by Gasteiger charge is 2.58. The maximum absolute atomic E-state index is 12.3. The first-order valence-corrected chi connectivity index (χ1v) is 8.45. The van der Waals surface area contributed by atoms with Crippen molar-refractivity contribution in [3.05, 3.63) is 0 Å². The fourth-order valence-electron chi connectivity index (χ4n) is 3.96. The second-order valence-corrected chi connectivity index (χ2v) is 8.77. The Kier molecular flexibility index (Phi) is 4.72. The third-order valence-electron chi connectivity index (χ3n) is 5.04. The average molecular weight is 296 g/mol. The van der Waals surface area contributed by atoms with Crippen LogP contribution in [0.25, 0.3) is 0 Å². The Hall–Kier alpha value is -0.570. The molecule has 1 saturated carbocycles. The van der Waals surface area contributed by atoms with E-state index < -0.39 is 0 Å². The van der Waals surface area contributed by atoms with E-state index in [0.29, 0.717) is 23.9 Å². The van der Waals surface area contributed by atoms with E-state index in [-0.39, 0.29) is 23.6 Å². The van der Waals surface area contributed by atoms with Crippen LogP contribution in [0.1, 0.15) is 67.2 Å². The van der Waals surface area contributed by atoms with Crippen molar-refractivity contribution in [2.24, 2.45) is 23.2 Å². The zero-order valence-electron chi connectivity index (χ0n) is 14.6. The number of rotatable bonds is 5. The van der Waals surface area contributed by atoms with Crippen LogP contribution in [-0.2, 0) is 14.3 Å². The van der Waals surface area contributed by atoms with E-state index >= 15 is 0 Å². The molecule has 2 fully saturated rings. The van der Waals surface area contributed by atoms with Gasteiger partial charge in [-0.1, -0.05) is 34.6 Å². The van der Waals surface area contributed by atoms with Crippen molar-refractivity contribution in [2.45, 2.75) is 78.9 Å². The van der Waals surface area contributed by atoms with Gasteiger partial charge in [0.2, 0.25) is 0 Å². The van der Waals surface area contributed by atoms with Gasteiger partial charge in [-0.2, -0.15) is 0 Å². The minimum absolute atomic E-state index is 0.0111. The molecule has 3 heteroatoms. The van der Waals surface area contributed by atoms with E-state index in [9.17, 15) is 4.79 Å². The molecule has 2 rings (SSSR count). The van der Waals surface area contributed by atoms with E-state index in [1.165, 1.54) is 6.42 Å². The van der Waals surface area contributed by atoms with Gasteiger partial charge in [0.1, 0.15) is 0 Å². The molecule has 0 N–H and O–H groups in total. The van der Waals surface area contributed by atoms with Crippen molar-refractivity contribution in [1.82, 2.24) is 0 Å². The van der Waals surface area contributed by atoms with Gasteiger partial charge in [-0.3, -0.25) is 4.79 Å². The molecule has 3 nitrogen and oxygen atoms in total. The summed E-state index contributed by atoms with van der Waals surface area (Å²) in [5, 5.41) is 0. The third-order valence-corrected chi connectivity index (χ3v) is 5.04. The second kappa shape index (κ2) is 5.91. The van der Waals surface area contributed by atoms with E-state index in [4.69, 9.17) is 9.47 Å². The monoisotopic (exact) mass is 296 g/mol. The minimum atomic E-state index is -0.0111. The fraction of sp³-hybridized carbons (Fsp3) is 0.944. The number of hydrogen-bond donors (Lipinski definition) is 0. The fourth-order valence-corrected chi connectivity index (χ4v) is 3.96. The lowest BCUT2D eigenvalue weighted by Gasteiger charge is -2.28. The smallest absolute Gasteiger partial charge is 0.309 e. The minimum Gasteiger partial charge on any atom is -0.465 e. The molecule has 0 spiro atoms. The molecule has 0 radical (unpaired) electrons. The van der Waals surface area contributed by atoms with Crippen LogP contribution in [0.15, 0.2) is 0 Å². The van der Waals surface area contributed by atoms with Gasteiger partial charge in [0.05, 0.1) is 24.2 Å². The quantitative estimate of drug-likeness (QED) is 0.564. The summed E-state index contributed by atoms with van der Waals surface area (Å²) in [4.78, 5) is 12.3. The average Bonchev–Trinajstić information content (AvgIpc) is 2.95. The highest BCUT2D eigenvalue weighted by Crippen LogP contribution is 2.51. The Morgan fingerprint density at radius 2 is 2.10 bits per heavy atom. The molecule has 1 aliphatic carbocycles. The van der Waals surface area contributed by atoms with Gasteiger partial charge >= 0.3 is 5.97 Å². The molecule has 1 heterocycles. The van der Waals surface area contributed by atoms with Crippen molar-refractivity contribution < 1.29 is 14.3 Å². The molecule has 21 heavy (non-hydrogen) atoms. The maximum Gasteiger partial charge on any atom is 0.309 e. The van der Waals surface area contributed by atoms with Gasteiger partial charge in [0, 0.05) is 0 Å². The van der Waals surface area contributed by atoms with Gasteiger partial charge in [-0.05, 0) is 49.9 Å². The molecule has 122 valence electrons. The predicted octanol–water partition coefficient (Wildman–Crippen LogP) is 4.20. The second-order valence-electron chi connectivity index (χ2n) is 8.77. The van der Waals surface area contributed by atoms with Crippen LogP contribution in [-0.4, -0.2) is 24.3 Å². The van der Waals surface area contributed by atoms with Crippen LogP contribution in [0.4, 0.5) is 0 Å². The van der Waals surface area contributed by atoms with Crippen LogP contribution in [0.2, 0.25) is 0 Å². The molecular formula is C18H32O3. The van der Waals surface area contributed by atoms with Crippen molar-refractivity contribution >= 4 is 5.97 Å². The molecule has 5 atom stereocenters. The number of esters is 1. The number of ether oxygens (including phenoxy) is 2. The summed E-state index contributed by atoms with van der Waals surface area (Å²) in [5.74, 6) is 0.983. The maximum atomic E-state index is 12.3. The Morgan fingerprint density at radius 1 is 1.43 bits per heavy atom. The molecule has 5 unspecified atom stereocenters.